The molecule has 1 aromatic carbocycles. The van der Waals surface area contributed by atoms with Gasteiger partial charge in [0.25, 0.3) is 0 Å². The largest absolute Gasteiger partial charge is 0.481 e. The van der Waals surface area contributed by atoms with Gasteiger partial charge in [0.05, 0.1) is 12.2 Å². The van der Waals surface area contributed by atoms with Gasteiger partial charge in [-0.15, -0.1) is 6.42 Å². The summed E-state index contributed by atoms with van der Waals surface area (Å²) >= 11 is 0. The second-order valence-corrected chi connectivity index (χ2v) is 5.33. The maximum Gasteiger partial charge on any atom is 0.191 e. The minimum absolute atomic E-state index is 0.291. The van der Waals surface area contributed by atoms with E-state index in [0.29, 0.717) is 13.2 Å². The molecule has 25 heavy (non-hydrogen) atoms. The predicted octanol–water partition coefficient (Wildman–Crippen LogP) is 2.39. The molecule has 0 saturated heterocycles. The number of guanidine groups is 1. The molecule has 2 rings (SSSR count). The van der Waals surface area contributed by atoms with E-state index in [1.807, 2.05) is 49.4 Å². The average molecular weight is 336 g/mol. The van der Waals surface area contributed by atoms with E-state index >= 15 is 0 Å². The van der Waals surface area contributed by atoms with E-state index in [0.717, 1.165) is 36.9 Å². The van der Waals surface area contributed by atoms with Crippen LogP contribution < -0.4 is 15.4 Å². The fraction of sp³-hybridized carbons (Fsp3) is 0.300. The van der Waals surface area contributed by atoms with E-state index in [9.17, 15) is 0 Å². The molecule has 0 aliphatic rings. The summed E-state index contributed by atoms with van der Waals surface area (Å²) in [5.74, 6) is 4.04. The Morgan fingerprint density at radius 1 is 1.20 bits per heavy atom. The molecule has 0 atom stereocenters. The summed E-state index contributed by atoms with van der Waals surface area (Å²) in [6.07, 6.45) is 7.85. The molecule has 1 aromatic heterocycles. The first kappa shape index (κ1) is 18.3. The molecule has 0 spiro atoms. The second-order valence-electron chi connectivity index (χ2n) is 5.33. The number of aliphatic imine (C=N–C) groups is 1. The number of terminal acetylenes is 1. The number of aromatic nitrogens is 1. The Balaban J connectivity index is 1.81. The van der Waals surface area contributed by atoms with Crippen LogP contribution in [0.3, 0.4) is 0 Å². The van der Waals surface area contributed by atoms with Crippen LogP contribution in [0.1, 0.15) is 18.2 Å². The molecule has 130 valence electrons. The van der Waals surface area contributed by atoms with Gasteiger partial charge in [-0.25, -0.2) is 4.99 Å². The van der Waals surface area contributed by atoms with E-state index in [1.54, 1.807) is 6.20 Å². The Labute approximate surface area is 149 Å². The first-order valence-electron chi connectivity index (χ1n) is 8.39. The lowest BCUT2D eigenvalue weighted by Gasteiger charge is -2.11. The SMILES string of the molecule is C#CCOc1ccc(CCNC(=NCc2ccccn2)NCC)cc1. The smallest absolute Gasteiger partial charge is 0.191 e. The molecule has 0 fully saturated rings. The zero-order valence-corrected chi connectivity index (χ0v) is 14.5. The van der Waals surface area contributed by atoms with E-state index < -0.39 is 0 Å². The standard InChI is InChI=1S/C20H24N4O/c1-3-15-25-19-10-8-17(9-11-19)12-14-23-20(21-4-2)24-16-18-7-5-6-13-22-18/h1,5-11,13H,4,12,14-16H2,2H3,(H2,21,23,24). The van der Waals surface area contributed by atoms with Crippen molar-refractivity contribution in [2.45, 2.75) is 19.9 Å². The number of hydrogen-bond donors (Lipinski definition) is 2. The second kappa shape index (κ2) is 10.7. The molecule has 0 radical (unpaired) electrons. The third kappa shape index (κ3) is 6.96. The lowest BCUT2D eigenvalue weighted by molar-refractivity contribution is 0.370. The van der Waals surface area contributed by atoms with E-state index in [4.69, 9.17) is 11.2 Å². The van der Waals surface area contributed by atoms with Gasteiger partial charge in [-0.3, -0.25) is 4.98 Å². The zero-order chi connectivity index (χ0) is 17.7. The molecule has 0 aliphatic carbocycles. The first-order chi connectivity index (χ1) is 12.3. The fourth-order valence-electron chi connectivity index (χ4n) is 2.20. The molecule has 0 saturated carbocycles. The van der Waals surface area contributed by atoms with E-state index in [1.165, 1.54) is 5.56 Å². The zero-order valence-electron chi connectivity index (χ0n) is 14.5. The Bertz CT molecular complexity index is 690. The van der Waals surface area contributed by atoms with Gasteiger partial charge < -0.3 is 15.4 Å². The highest BCUT2D eigenvalue weighted by Gasteiger charge is 1.99. The molecular weight excluding hydrogens is 312 g/mol. The van der Waals surface area contributed by atoms with Crippen molar-refractivity contribution in [2.75, 3.05) is 19.7 Å². The van der Waals surface area contributed by atoms with Crippen molar-refractivity contribution in [1.29, 1.82) is 0 Å². The predicted molar refractivity (Wildman–Crippen MR) is 102 cm³/mol. The van der Waals surface area contributed by atoms with Crippen molar-refractivity contribution >= 4 is 5.96 Å². The van der Waals surface area contributed by atoms with Crippen LogP contribution in [0.4, 0.5) is 0 Å². The van der Waals surface area contributed by atoms with E-state index in [2.05, 4.69) is 26.5 Å². The normalized spacial score (nSPS) is 10.8. The minimum atomic E-state index is 0.291. The van der Waals surface area contributed by atoms with Gasteiger partial charge in [0.1, 0.15) is 12.4 Å². The molecule has 2 aromatic rings. The number of benzene rings is 1. The van der Waals surface area contributed by atoms with Gasteiger partial charge in [0, 0.05) is 19.3 Å². The van der Waals surface area contributed by atoms with Crippen molar-refractivity contribution in [3.05, 3.63) is 59.9 Å². The van der Waals surface area contributed by atoms with Gasteiger partial charge in [-0.2, -0.15) is 0 Å². The topological polar surface area (TPSA) is 58.5 Å². The average Bonchev–Trinajstić information content (AvgIpc) is 2.66. The van der Waals surface area contributed by atoms with Crippen molar-refractivity contribution in [1.82, 2.24) is 15.6 Å². The summed E-state index contributed by atoms with van der Waals surface area (Å²) < 4.78 is 5.37. The van der Waals surface area contributed by atoms with Crippen LogP contribution in [0.5, 0.6) is 5.75 Å². The highest BCUT2D eigenvalue weighted by molar-refractivity contribution is 5.79. The monoisotopic (exact) mass is 336 g/mol. The number of rotatable bonds is 8. The molecule has 0 unspecified atom stereocenters. The van der Waals surface area contributed by atoms with Gasteiger partial charge in [0.15, 0.2) is 5.96 Å². The summed E-state index contributed by atoms with van der Waals surface area (Å²) in [7, 11) is 0. The van der Waals surface area contributed by atoms with Crippen molar-refractivity contribution in [3.8, 4) is 18.1 Å². The van der Waals surface area contributed by atoms with Crippen LogP contribution in [0.2, 0.25) is 0 Å². The van der Waals surface area contributed by atoms with Gasteiger partial charge in [-0.1, -0.05) is 24.1 Å². The Morgan fingerprint density at radius 3 is 2.72 bits per heavy atom. The summed E-state index contributed by atoms with van der Waals surface area (Å²) in [4.78, 5) is 8.84. The van der Waals surface area contributed by atoms with Crippen LogP contribution in [0.25, 0.3) is 0 Å². The fourth-order valence-corrected chi connectivity index (χ4v) is 2.20. The highest BCUT2D eigenvalue weighted by atomic mass is 16.5. The number of pyridine rings is 1. The molecule has 0 bridgehead atoms. The summed E-state index contributed by atoms with van der Waals surface area (Å²) in [6.45, 7) is 4.50. The lowest BCUT2D eigenvalue weighted by atomic mass is 10.1. The molecule has 5 heteroatoms. The maximum atomic E-state index is 5.37. The Hall–Kier alpha value is -3.00. The quantitative estimate of drug-likeness (QED) is 0.441. The lowest BCUT2D eigenvalue weighted by Crippen LogP contribution is -2.38. The number of ether oxygens (including phenoxy) is 1. The molecular formula is C20H24N4O. The van der Waals surface area contributed by atoms with Crippen molar-refractivity contribution in [2.24, 2.45) is 4.99 Å². The first-order valence-corrected chi connectivity index (χ1v) is 8.39. The third-order valence-corrected chi connectivity index (χ3v) is 3.42. The van der Waals surface area contributed by atoms with Gasteiger partial charge >= 0.3 is 0 Å². The molecule has 5 nitrogen and oxygen atoms in total. The molecule has 0 aliphatic heterocycles. The maximum absolute atomic E-state index is 5.37. The molecule has 0 amide bonds. The van der Waals surface area contributed by atoms with Crippen molar-refractivity contribution in [3.63, 3.8) is 0 Å². The van der Waals surface area contributed by atoms with Crippen LogP contribution >= 0.6 is 0 Å². The van der Waals surface area contributed by atoms with Crippen LogP contribution in [-0.2, 0) is 13.0 Å². The Kier molecular flexibility index (Phi) is 7.86. The van der Waals surface area contributed by atoms with Crippen LogP contribution in [0, 0.1) is 12.3 Å². The molecule has 2 N–H and O–H groups in total. The van der Waals surface area contributed by atoms with Gasteiger partial charge in [0.2, 0.25) is 0 Å². The Morgan fingerprint density at radius 2 is 2.04 bits per heavy atom. The number of hydrogen-bond acceptors (Lipinski definition) is 3. The van der Waals surface area contributed by atoms with Crippen LogP contribution in [0.15, 0.2) is 53.7 Å². The summed E-state index contributed by atoms with van der Waals surface area (Å²) in [6, 6.07) is 13.8. The molecule has 1 heterocycles. The summed E-state index contributed by atoms with van der Waals surface area (Å²) in [5, 5.41) is 6.59. The van der Waals surface area contributed by atoms with Crippen molar-refractivity contribution < 1.29 is 4.74 Å². The highest BCUT2D eigenvalue weighted by Crippen LogP contribution is 2.12. The van der Waals surface area contributed by atoms with Gasteiger partial charge in [-0.05, 0) is 43.2 Å². The summed E-state index contributed by atoms with van der Waals surface area (Å²) in [5.41, 5.74) is 2.17. The van der Waals surface area contributed by atoms with E-state index in [-0.39, 0.29) is 0 Å². The minimum Gasteiger partial charge on any atom is -0.481 e. The number of nitrogens with one attached hydrogen (secondary N) is 2. The number of nitrogens with zero attached hydrogens (tertiary/aromatic N) is 2. The third-order valence-electron chi connectivity index (χ3n) is 3.42. The van der Waals surface area contributed by atoms with Crippen LogP contribution in [-0.4, -0.2) is 30.6 Å².